The number of hydrogen-bond acceptors (Lipinski definition) is 2. The molecule has 0 aromatic heterocycles. The van der Waals surface area contributed by atoms with Crippen molar-refractivity contribution in [2.45, 2.75) is 25.0 Å². The zero-order valence-corrected chi connectivity index (χ0v) is 7.93. The quantitative estimate of drug-likeness (QED) is 0.657. The van der Waals surface area contributed by atoms with Crippen molar-refractivity contribution in [3.8, 4) is 0 Å². The SMILES string of the molecule is OC1CC=CC=C1C1=CC=CCC1O. The van der Waals surface area contributed by atoms with Crippen LogP contribution in [-0.4, -0.2) is 22.4 Å². The summed E-state index contributed by atoms with van der Waals surface area (Å²) in [5, 5.41) is 19.5. The van der Waals surface area contributed by atoms with Crippen molar-refractivity contribution in [2.24, 2.45) is 0 Å². The van der Waals surface area contributed by atoms with Crippen LogP contribution in [0.4, 0.5) is 0 Å². The molecule has 74 valence electrons. The summed E-state index contributed by atoms with van der Waals surface area (Å²) in [6.07, 6.45) is 11.8. The minimum atomic E-state index is -0.465. The molecule has 2 nitrogen and oxygen atoms in total. The average Bonchev–Trinajstić information content (AvgIpc) is 2.20. The summed E-state index contributed by atoms with van der Waals surface area (Å²) in [4.78, 5) is 0. The maximum atomic E-state index is 9.74. The van der Waals surface area contributed by atoms with E-state index < -0.39 is 12.2 Å². The molecule has 0 aromatic carbocycles. The van der Waals surface area contributed by atoms with Gasteiger partial charge in [-0.3, -0.25) is 0 Å². The second kappa shape index (κ2) is 3.95. The predicted molar refractivity (Wildman–Crippen MR) is 55.7 cm³/mol. The highest BCUT2D eigenvalue weighted by atomic mass is 16.3. The minimum absolute atomic E-state index is 0.465. The molecule has 2 N–H and O–H groups in total. The molecule has 0 aliphatic heterocycles. The first-order valence-electron chi connectivity index (χ1n) is 4.89. The summed E-state index contributed by atoms with van der Waals surface area (Å²) in [6.45, 7) is 0. The zero-order valence-electron chi connectivity index (χ0n) is 7.93. The van der Waals surface area contributed by atoms with Gasteiger partial charge in [-0.1, -0.05) is 36.5 Å². The molecule has 0 heterocycles. The Labute approximate surface area is 83.6 Å². The van der Waals surface area contributed by atoms with Gasteiger partial charge in [-0.25, -0.2) is 0 Å². The molecule has 2 aliphatic rings. The Morgan fingerprint density at radius 1 is 0.857 bits per heavy atom. The molecule has 0 saturated carbocycles. The van der Waals surface area contributed by atoms with Crippen molar-refractivity contribution in [1.29, 1.82) is 0 Å². The fourth-order valence-corrected chi connectivity index (χ4v) is 1.81. The highest BCUT2D eigenvalue weighted by Crippen LogP contribution is 2.26. The van der Waals surface area contributed by atoms with Crippen molar-refractivity contribution in [2.75, 3.05) is 0 Å². The van der Waals surface area contributed by atoms with E-state index >= 15 is 0 Å². The fraction of sp³-hybridized carbons (Fsp3) is 0.333. The molecule has 2 atom stereocenters. The Kier molecular flexibility index (Phi) is 2.66. The third kappa shape index (κ3) is 1.72. The lowest BCUT2D eigenvalue weighted by Gasteiger charge is -2.23. The van der Waals surface area contributed by atoms with E-state index in [2.05, 4.69) is 0 Å². The van der Waals surface area contributed by atoms with E-state index in [0.717, 1.165) is 11.1 Å². The average molecular weight is 190 g/mol. The summed E-state index contributed by atoms with van der Waals surface area (Å²) in [6, 6.07) is 0. The zero-order chi connectivity index (χ0) is 9.97. The van der Waals surface area contributed by atoms with Gasteiger partial charge in [0.05, 0.1) is 12.2 Å². The van der Waals surface area contributed by atoms with Gasteiger partial charge in [0.15, 0.2) is 0 Å². The summed E-state index contributed by atoms with van der Waals surface area (Å²) in [5.41, 5.74) is 1.70. The van der Waals surface area contributed by atoms with E-state index in [1.165, 1.54) is 0 Å². The first-order chi connectivity index (χ1) is 6.79. The second-order valence-corrected chi connectivity index (χ2v) is 3.60. The molecule has 2 unspecified atom stereocenters. The smallest absolute Gasteiger partial charge is 0.0828 e. The summed E-state index contributed by atoms with van der Waals surface area (Å²) < 4.78 is 0. The molecule has 2 aliphatic carbocycles. The summed E-state index contributed by atoms with van der Waals surface area (Å²) >= 11 is 0. The van der Waals surface area contributed by atoms with Gasteiger partial charge in [-0.15, -0.1) is 0 Å². The van der Waals surface area contributed by atoms with E-state index in [-0.39, 0.29) is 0 Å². The summed E-state index contributed by atoms with van der Waals surface area (Å²) in [5.74, 6) is 0. The molecule has 0 radical (unpaired) electrons. The monoisotopic (exact) mass is 190 g/mol. The van der Waals surface area contributed by atoms with E-state index in [0.29, 0.717) is 12.8 Å². The molecule has 0 spiro atoms. The molecule has 0 fully saturated rings. The normalized spacial score (nSPS) is 31.3. The first-order valence-corrected chi connectivity index (χ1v) is 4.89. The topological polar surface area (TPSA) is 40.5 Å². The summed E-state index contributed by atoms with van der Waals surface area (Å²) in [7, 11) is 0. The van der Waals surface area contributed by atoms with Gasteiger partial charge in [0.2, 0.25) is 0 Å². The van der Waals surface area contributed by atoms with Gasteiger partial charge >= 0.3 is 0 Å². The first kappa shape index (κ1) is 9.44. The van der Waals surface area contributed by atoms with Gasteiger partial charge in [-0.05, 0) is 24.0 Å². The Morgan fingerprint density at radius 2 is 1.29 bits per heavy atom. The largest absolute Gasteiger partial charge is 0.388 e. The van der Waals surface area contributed by atoms with Crippen LogP contribution in [0.15, 0.2) is 47.6 Å². The van der Waals surface area contributed by atoms with Crippen molar-refractivity contribution >= 4 is 0 Å². The third-order valence-electron chi connectivity index (χ3n) is 2.59. The molecule has 0 bridgehead atoms. The van der Waals surface area contributed by atoms with Crippen LogP contribution in [0.25, 0.3) is 0 Å². The van der Waals surface area contributed by atoms with Crippen molar-refractivity contribution in [1.82, 2.24) is 0 Å². The predicted octanol–water partition coefficient (Wildman–Crippen LogP) is 1.48. The number of aliphatic hydroxyl groups excluding tert-OH is 2. The number of allylic oxidation sites excluding steroid dienone is 4. The van der Waals surface area contributed by atoms with Crippen LogP contribution in [0.1, 0.15) is 12.8 Å². The molecule has 2 heteroatoms. The Bertz CT molecular complexity index is 300. The molecule has 0 aromatic rings. The third-order valence-corrected chi connectivity index (χ3v) is 2.59. The minimum Gasteiger partial charge on any atom is -0.388 e. The Morgan fingerprint density at radius 3 is 1.64 bits per heavy atom. The molecule has 0 saturated heterocycles. The lowest BCUT2D eigenvalue weighted by molar-refractivity contribution is 0.188. The second-order valence-electron chi connectivity index (χ2n) is 3.60. The van der Waals surface area contributed by atoms with Gasteiger partial charge in [0.1, 0.15) is 0 Å². The van der Waals surface area contributed by atoms with Crippen molar-refractivity contribution < 1.29 is 10.2 Å². The van der Waals surface area contributed by atoms with Gasteiger partial charge in [0, 0.05) is 0 Å². The number of rotatable bonds is 1. The molecule has 14 heavy (non-hydrogen) atoms. The number of aliphatic hydroxyl groups is 2. The van der Waals surface area contributed by atoms with Crippen LogP contribution in [0, 0.1) is 0 Å². The van der Waals surface area contributed by atoms with Gasteiger partial charge in [0.25, 0.3) is 0 Å². The highest BCUT2D eigenvalue weighted by molar-refractivity contribution is 5.44. The molecule has 0 amide bonds. The van der Waals surface area contributed by atoms with Crippen LogP contribution in [0.2, 0.25) is 0 Å². The molecular weight excluding hydrogens is 176 g/mol. The highest BCUT2D eigenvalue weighted by Gasteiger charge is 2.21. The van der Waals surface area contributed by atoms with E-state index in [1.807, 2.05) is 36.5 Å². The van der Waals surface area contributed by atoms with Crippen LogP contribution in [-0.2, 0) is 0 Å². The van der Waals surface area contributed by atoms with E-state index in [1.54, 1.807) is 0 Å². The molecular formula is C12H14O2. The maximum absolute atomic E-state index is 9.74. The van der Waals surface area contributed by atoms with Crippen LogP contribution >= 0.6 is 0 Å². The number of hydrogen-bond donors (Lipinski definition) is 2. The van der Waals surface area contributed by atoms with Crippen molar-refractivity contribution in [3.05, 3.63) is 47.6 Å². The van der Waals surface area contributed by atoms with Crippen LogP contribution in [0.3, 0.4) is 0 Å². The standard InChI is InChI=1S/C12H14O2/c13-11-7-3-1-5-9(11)10-6-2-4-8-12(10)14/h1-6,11-14H,7-8H2. The van der Waals surface area contributed by atoms with Crippen molar-refractivity contribution in [3.63, 3.8) is 0 Å². The van der Waals surface area contributed by atoms with Crippen LogP contribution < -0.4 is 0 Å². The van der Waals surface area contributed by atoms with E-state index in [9.17, 15) is 10.2 Å². The Hall–Kier alpha value is -1.12. The fourth-order valence-electron chi connectivity index (χ4n) is 1.81. The lowest BCUT2D eigenvalue weighted by Crippen LogP contribution is -2.21. The van der Waals surface area contributed by atoms with Gasteiger partial charge in [-0.2, -0.15) is 0 Å². The Balaban J connectivity index is 2.29. The molecule has 2 rings (SSSR count). The maximum Gasteiger partial charge on any atom is 0.0828 e. The van der Waals surface area contributed by atoms with Crippen LogP contribution in [0.5, 0.6) is 0 Å². The van der Waals surface area contributed by atoms with E-state index in [4.69, 9.17) is 0 Å². The lowest BCUT2D eigenvalue weighted by atomic mass is 9.88. The van der Waals surface area contributed by atoms with Gasteiger partial charge < -0.3 is 10.2 Å².